The molecule has 0 saturated carbocycles. The Bertz CT molecular complexity index is 2040. The van der Waals surface area contributed by atoms with Crippen molar-refractivity contribution in [2.75, 3.05) is 93.2 Å². The number of hydrogen-bond acceptors (Lipinski definition) is 8. The standard InChI is InChI=1S/C34H24N2O4.2C6H16N2.ClH.2Cu/c37-31-27(33(39)35-23-13-3-1-4-14-23)19-21-11-7-9-17-25(21)29(31)30-26-18-10-8-12-22(26)20-28(32(30)38)34(40)36-24-15-5-2-6-16-24;2*1-7(2)5-6-8(3)4;;;/h1-20,37-38H,(H,35,39)(H,36,40);2*5-6H2,1-4H3;1H;;/q;;;;2*+1/p-1. The molecule has 6 rings (SSSR count). The van der Waals surface area contributed by atoms with Crippen molar-refractivity contribution >= 4 is 54.8 Å². The number of rotatable bonds is 11. The van der Waals surface area contributed by atoms with E-state index in [2.05, 4.69) is 112 Å². The second kappa shape index (κ2) is 25.9. The van der Waals surface area contributed by atoms with Crippen LogP contribution in [0.2, 0.25) is 0 Å². The summed E-state index contributed by atoms with van der Waals surface area (Å²) in [7, 11) is 20.9. The van der Waals surface area contributed by atoms with E-state index in [-0.39, 0.29) is 50.8 Å². The van der Waals surface area contributed by atoms with Crippen molar-refractivity contribution in [3.8, 4) is 22.6 Å². The van der Waals surface area contributed by atoms with Gasteiger partial charge in [-0.15, -0.1) is 0 Å². The Labute approximate surface area is 372 Å². The summed E-state index contributed by atoms with van der Waals surface area (Å²) in [6.07, 6.45) is 0. The van der Waals surface area contributed by atoms with E-state index in [0.29, 0.717) is 32.9 Å². The Morgan fingerprint density at radius 1 is 0.492 bits per heavy atom. The van der Waals surface area contributed by atoms with Crippen LogP contribution >= 0.6 is 10.1 Å². The number of halogens is 1. The van der Waals surface area contributed by atoms with Crippen LogP contribution in [0.4, 0.5) is 11.4 Å². The third-order valence-electron chi connectivity index (χ3n) is 8.84. The molecule has 13 heteroatoms. The molecule has 0 aliphatic heterocycles. The summed E-state index contributed by atoms with van der Waals surface area (Å²) in [4.78, 5) is 35.5. The fourth-order valence-electron chi connectivity index (χ4n) is 5.77. The fraction of sp³-hybridized carbons (Fsp3) is 0.261. The van der Waals surface area contributed by atoms with Crippen molar-refractivity contribution < 1.29 is 52.0 Å². The Balaban J connectivity index is 0.000000532. The van der Waals surface area contributed by atoms with E-state index < -0.39 is 11.8 Å². The summed E-state index contributed by atoms with van der Waals surface area (Å²) in [5.41, 5.74) is 1.77. The molecule has 0 radical (unpaired) electrons. The molecule has 0 fully saturated rings. The molecule has 4 N–H and O–H groups in total. The molecule has 0 unspecified atom stereocenters. The molecule has 59 heavy (non-hydrogen) atoms. The van der Waals surface area contributed by atoms with Gasteiger partial charge in [-0.05, 0) is 114 Å². The zero-order valence-electron chi connectivity index (χ0n) is 34.9. The van der Waals surface area contributed by atoms with Gasteiger partial charge in [0, 0.05) is 48.7 Å². The number of para-hydroxylation sites is 2. The maximum atomic E-state index is 13.4. The molecule has 322 valence electrons. The number of anilines is 2. The van der Waals surface area contributed by atoms with E-state index >= 15 is 0 Å². The molecule has 6 aromatic carbocycles. The number of carbonyl (C=O) groups excluding carboxylic acids is 2. The zero-order valence-corrected chi connectivity index (χ0v) is 37.5. The predicted octanol–water partition coefficient (Wildman–Crippen LogP) is 8.48. The number of hydrogen-bond donors (Lipinski definition) is 4. The van der Waals surface area contributed by atoms with Gasteiger partial charge in [0.05, 0.1) is 11.1 Å². The minimum absolute atomic E-state index is 0. The van der Waals surface area contributed by atoms with Gasteiger partial charge in [0.25, 0.3) is 11.8 Å². The van der Waals surface area contributed by atoms with Crippen LogP contribution in [0.5, 0.6) is 11.5 Å². The van der Waals surface area contributed by atoms with Crippen molar-refractivity contribution in [3.63, 3.8) is 0 Å². The van der Waals surface area contributed by atoms with E-state index in [0.717, 1.165) is 26.2 Å². The maximum Gasteiger partial charge on any atom is 1.00 e. The van der Waals surface area contributed by atoms with Crippen LogP contribution in [-0.4, -0.2) is 124 Å². The van der Waals surface area contributed by atoms with Crippen LogP contribution < -0.4 is 10.6 Å². The largest absolute Gasteiger partial charge is 1.00 e. The molecule has 0 heterocycles. The fourth-order valence-corrected chi connectivity index (χ4v) is 5.77. The van der Waals surface area contributed by atoms with Crippen molar-refractivity contribution in [1.29, 1.82) is 0 Å². The summed E-state index contributed by atoms with van der Waals surface area (Å²) in [6, 6.07) is 35.8. The number of nitrogens with one attached hydrogen (secondary N) is 2. The summed E-state index contributed by atoms with van der Waals surface area (Å²) >= 11 is 3.66. The van der Waals surface area contributed by atoms with Crippen molar-refractivity contribution in [1.82, 2.24) is 19.6 Å². The molecule has 0 aliphatic rings. The average Bonchev–Trinajstić information content (AvgIpc) is 3.21. The van der Waals surface area contributed by atoms with E-state index in [1.54, 1.807) is 60.7 Å². The van der Waals surface area contributed by atoms with Gasteiger partial charge in [-0.25, -0.2) is 0 Å². The van der Waals surface area contributed by atoms with Crippen LogP contribution in [0, 0.1) is 0 Å². The number of phenolic OH excluding ortho intramolecular Hbond substituents is 2. The average molecular weight is 920 g/mol. The van der Waals surface area contributed by atoms with Crippen LogP contribution in [0.1, 0.15) is 20.7 Å². The van der Waals surface area contributed by atoms with Crippen molar-refractivity contribution in [3.05, 3.63) is 132 Å². The first-order chi connectivity index (χ1) is 27.8. The van der Waals surface area contributed by atoms with E-state index in [1.165, 1.54) is 0 Å². The van der Waals surface area contributed by atoms with Crippen molar-refractivity contribution in [2.45, 2.75) is 0 Å². The first-order valence-corrected chi connectivity index (χ1v) is 20.0. The summed E-state index contributed by atoms with van der Waals surface area (Å²) < 4.78 is 0. The molecule has 0 atom stereocenters. The number of aromatic hydroxyl groups is 2. The number of nitrogens with zero attached hydrogens (tertiary/aromatic N) is 4. The van der Waals surface area contributed by atoms with Gasteiger partial charge >= 0.3 is 42.3 Å². The molecular formula is C46H56ClCu2N6O4+. The maximum absolute atomic E-state index is 13.4. The minimum atomic E-state index is -0.502. The number of carbonyl (C=O) groups is 2. The van der Waals surface area contributed by atoms with Crippen LogP contribution in [0.15, 0.2) is 121 Å². The van der Waals surface area contributed by atoms with E-state index in [4.69, 9.17) is 0 Å². The van der Waals surface area contributed by atoms with Crippen LogP contribution in [-0.2, 0) is 32.2 Å². The molecule has 0 bridgehead atoms. The first-order valence-electron chi connectivity index (χ1n) is 18.7. The van der Waals surface area contributed by atoms with Gasteiger partial charge in [-0.3, -0.25) is 9.59 Å². The normalized spacial score (nSPS) is 10.6. The molecule has 0 saturated heterocycles. The SMILES string of the molecule is CN(C)CCN(C)C.CN(C)CCN(C)C.O=C(Nc1ccccc1)c1cc2ccccc2c(-c2c(O)c(C(=O)Nc3ccccc3)cc3ccccc23)c1O.[Cl][Cu].[Cu+]. The number of fused-ring (bicyclic) bond motifs is 2. The summed E-state index contributed by atoms with van der Waals surface area (Å²) in [5, 5.41) is 31.6. The third-order valence-corrected chi connectivity index (χ3v) is 8.84. The van der Waals surface area contributed by atoms with Crippen molar-refractivity contribution in [2.24, 2.45) is 0 Å². The summed E-state index contributed by atoms with van der Waals surface area (Å²) in [5.74, 6) is -1.60. The quantitative estimate of drug-likeness (QED) is 0.0959. The summed E-state index contributed by atoms with van der Waals surface area (Å²) in [6.45, 7) is 4.58. The Hall–Kier alpha value is -4.45. The van der Waals surface area contributed by atoms with Gasteiger partial charge in [0.1, 0.15) is 11.5 Å². The second-order valence-corrected chi connectivity index (χ2v) is 14.6. The van der Waals surface area contributed by atoms with Gasteiger partial charge in [-0.1, -0.05) is 84.9 Å². The number of amides is 2. The first kappa shape index (κ1) is 50.7. The van der Waals surface area contributed by atoms with Gasteiger partial charge < -0.3 is 40.4 Å². The zero-order chi connectivity index (χ0) is 42.8. The van der Waals surface area contributed by atoms with E-state index in [9.17, 15) is 19.8 Å². The second-order valence-electron chi connectivity index (χ2n) is 14.6. The molecule has 10 nitrogen and oxygen atoms in total. The molecular weight excluding hydrogens is 863 g/mol. The predicted molar refractivity (Wildman–Crippen MR) is 239 cm³/mol. The minimum Gasteiger partial charge on any atom is 1.00 e. The van der Waals surface area contributed by atoms with Gasteiger partial charge in [0.2, 0.25) is 0 Å². The Kier molecular flexibility index (Phi) is 22.3. The van der Waals surface area contributed by atoms with Crippen LogP contribution in [0.25, 0.3) is 32.7 Å². The van der Waals surface area contributed by atoms with E-state index in [1.807, 2.05) is 60.7 Å². The van der Waals surface area contributed by atoms with Gasteiger partial charge in [0.15, 0.2) is 0 Å². The molecule has 0 aromatic heterocycles. The smallest absolute Gasteiger partial charge is 1.00 e. The molecule has 2 amide bonds. The Morgan fingerprint density at radius 3 is 1.05 bits per heavy atom. The molecule has 0 spiro atoms. The van der Waals surface area contributed by atoms with Gasteiger partial charge in [-0.2, -0.15) is 0 Å². The topological polar surface area (TPSA) is 112 Å². The number of benzene rings is 6. The third kappa shape index (κ3) is 15.6. The number of phenols is 2. The monoisotopic (exact) mass is 917 g/mol. The number of likely N-dealkylation sites (N-methyl/N-ethyl adjacent to an activating group) is 4. The van der Waals surface area contributed by atoms with Crippen LogP contribution in [0.3, 0.4) is 0 Å². The molecule has 6 aromatic rings. The Morgan fingerprint density at radius 2 is 0.763 bits per heavy atom. The molecule has 0 aliphatic carbocycles.